The van der Waals surface area contributed by atoms with E-state index in [0.717, 1.165) is 50.3 Å². The average molecular weight is 551 g/mol. The van der Waals surface area contributed by atoms with Gasteiger partial charge < -0.3 is 19.7 Å². The average Bonchev–Trinajstić information content (AvgIpc) is 3.29. The van der Waals surface area contributed by atoms with Crippen molar-refractivity contribution in [3.8, 4) is 0 Å². The van der Waals surface area contributed by atoms with Crippen molar-refractivity contribution in [3.05, 3.63) is 83.4 Å². The number of imidazole rings is 1. The highest BCUT2D eigenvalue weighted by Gasteiger charge is 2.19. The first-order valence-electron chi connectivity index (χ1n) is 10.2. The zero-order valence-electron chi connectivity index (χ0n) is 17.6. The monoisotopic (exact) mass is 550 g/mol. The Bertz CT molecular complexity index is 966. The van der Waals surface area contributed by atoms with E-state index in [1.807, 2.05) is 37.8 Å². The van der Waals surface area contributed by atoms with E-state index in [-0.39, 0.29) is 24.0 Å². The largest absolute Gasteiger partial charge is 0.368 e. The van der Waals surface area contributed by atoms with Crippen LogP contribution >= 0.6 is 35.6 Å². The summed E-state index contributed by atoms with van der Waals surface area (Å²) in [6, 6.07) is 16.7. The van der Waals surface area contributed by atoms with Gasteiger partial charge in [-0.3, -0.25) is 4.99 Å². The third-order valence-corrected chi connectivity index (χ3v) is 5.60. The molecule has 0 atom stereocenters. The SMILES string of the molecule is CN=C(NCc1ccc(Cn2ccnc2)cc1)N1CCN(c2cccc(Cl)c2)CC1.I. The molecule has 0 bridgehead atoms. The first kappa shape index (κ1) is 23.4. The maximum absolute atomic E-state index is 6.14. The lowest BCUT2D eigenvalue weighted by atomic mass is 10.1. The van der Waals surface area contributed by atoms with Gasteiger partial charge in [-0.25, -0.2) is 4.98 Å². The van der Waals surface area contributed by atoms with Crippen molar-refractivity contribution in [1.29, 1.82) is 0 Å². The summed E-state index contributed by atoms with van der Waals surface area (Å²) in [5.74, 6) is 0.947. The summed E-state index contributed by atoms with van der Waals surface area (Å²) in [6.45, 7) is 5.35. The van der Waals surface area contributed by atoms with Crippen molar-refractivity contribution >= 4 is 47.2 Å². The van der Waals surface area contributed by atoms with Gasteiger partial charge in [-0.2, -0.15) is 0 Å². The fraction of sp³-hybridized carbons (Fsp3) is 0.304. The highest BCUT2D eigenvalue weighted by molar-refractivity contribution is 14.0. The molecule has 0 spiro atoms. The van der Waals surface area contributed by atoms with Crippen LogP contribution in [-0.4, -0.2) is 53.6 Å². The molecule has 3 aromatic rings. The summed E-state index contributed by atoms with van der Waals surface area (Å²) >= 11 is 6.14. The van der Waals surface area contributed by atoms with Crippen LogP contribution in [0.1, 0.15) is 11.1 Å². The molecule has 1 aliphatic heterocycles. The van der Waals surface area contributed by atoms with Gasteiger partial charge in [0.1, 0.15) is 0 Å². The molecule has 2 heterocycles. The van der Waals surface area contributed by atoms with E-state index in [4.69, 9.17) is 11.6 Å². The van der Waals surface area contributed by atoms with E-state index in [2.05, 4.69) is 60.0 Å². The smallest absolute Gasteiger partial charge is 0.194 e. The number of guanidine groups is 1. The predicted octanol–water partition coefficient (Wildman–Crippen LogP) is 4.10. The molecule has 1 aliphatic rings. The molecule has 0 amide bonds. The molecule has 1 N–H and O–H groups in total. The van der Waals surface area contributed by atoms with Crippen LogP contribution in [0.4, 0.5) is 5.69 Å². The number of rotatable bonds is 5. The predicted molar refractivity (Wildman–Crippen MR) is 139 cm³/mol. The second-order valence-electron chi connectivity index (χ2n) is 7.41. The van der Waals surface area contributed by atoms with Crippen LogP contribution in [0.25, 0.3) is 0 Å². The molecule has 1 fully saturated rings. The molecule has 0 radical (unpaired) electrons. The minimum atomic E-state index is 0. The van der Waals surface area contributed by atoms with Gasteiger partial charge in [0.2, 0.25) is 0 Å². The Labute approximate surface area is 206 Å². The maximum atomic E-state index is 6.14. The Balaban J connectivity index is 0.00000272. The molecule has 164 valence electrons. The summed E-state index contributed by atoms with van der Waals surface area (Å²) in [5.41, 5.74) is 3.68. The number of piperazine rings is 1. The van der Waals surface area contributed by atoms with E-state index in [1.165, 1.54) is 16.8 Å². The van der Waals surface area contributed by atoms with Crippen molar-refractivity contribution in [2.75, 3.05) is 38.1 Å². The summed E-state index contributed by atoms with van der Waals surface area (Å²) in [4.78, 5) is 13.3. The Morgan fingerprint density at radius 2 is 1.81 bits per heavy atom. The third-order valence-electron chi connectivity index (χ3n) is 5.36. The first-order chi connectivity index (χ1) is 14.7. The fourth-order valence-corrected chi connectivity index (χ4v) is 3.90. The lowest BCUT2D eigenvalue weighted by Gasteiger charge is -2.37. The molecule has 4 rings (SSSR count). The van der Waals surface area contributed by atoms with Crippen molar-refractivity contribution in [3.63, 3.8) is 0 Å². The van der Waals surface area contributed by atoms with Crippen LogP contribution in [0.2, 0.25) is 5.02 Å². The summed E-state index contributed by atoms with van der Waals surface area (Å²) in [7, 11) is 1.85. The van der Waals surface area contributed by atoms with Gasteiger partial charge in [0.05, 0.1) is 6.33 Å². The minimum absolute atomic E-state index is 0. The Kier molecular flexibility index (Phi) is 8.60. The van der Waals surface area contributed by atoms with Gasteiger partial charge in [0.15, 0.2) is 5.96 Å². The minimum Gasteiger partial charge on any atom is -0.368 e. The molecule has 2 aromatic carbocycles. The standard InChI is InChI=1S/C23H27ClN6.HI/c1-25-23(30-13-11-29(12-14-30)22-4-2-3-21(24)15-22)27-16-19-5-7-20(8-6-19)17-28-10-9-26-18-28;/h2-10,15,18H,11-14,16-17H2,1H3,(H,25,27);1H. The topological polar surface area (TPSA) is 48.7 Å². The summed E-state index contributed by atoms with van der Waals surface area (Å²) in [6.07, 6.45) is 5.62. The van der Waals surface area contributed by atoms with E-state index in [1.54, 1.807) is 6.20 Å². The van der Waals surface area contributed by atoms with Crippen molar-refractivity contribution in [2.24, 2.45) is 4.99 Å². The first-order valence-corrected chi connectivity index (χ1v) is 10.6. The van der Waals surface area contributed by atoms with Gasteiger partial charge in [-0.1, -0.05) is 41.9 Å². The molecule has 6 nitrogen and oxygen atoms in total. The molecule has 31 heavy (non-hydrogen) atoms. The summed E-state index contributed by atoms with van der Waals surface area (Å²) in [5, 5.41) is 4.29. The highest BCUT2D eigenvalue weighted by Crippen LogP contribution is 2.20. The number of nitrogens with one attached hydrogen (secondary N) is 1. The molecule has 8 heteroatoms. The Morgan fingerprint density at radius 3 is 2.45 bits per heavy atom. The number of nitrogens with zero attached hydrogens (tertiary/aromatic N) is 5. The number of aliphatic imine (C=N–C) groups is 1. The number of hydrogen-bond donors (Lipinski definition) is 1. The van der Waals surface area contributed by atoms with Crippen LogP contribution in [0.15, 0.2) is 72.2 Å². The number of benzene rings is 2. The third kappa shape index (κ3) is 6.36. The molecule has 1 aromatic heterocycles. The van der Waals surface area contributed by atoms with Crippen LogP contribution < -0.4 is 10.2 Å². The maximum Gasteiger partial charge on any atom is 0.194 e. The molecule has 0 unspecified atom stereocenters. The second-order valence-corrected chi connectivity index (χ2v) is 7.84. The normalized spacial score (nSPS) is 14.3. The highest BCUT2D eigenvalue weighted by atomic mass is 127. The Hall–Kier alpha value is -2.26. The van der Waals surface area contributed by atoms with Gasteiger partial charge in [0, 0.05) is 69.4 Å². The lowest BCUT2D eigenvalue weighted by Crippen LogP contribution is -2.52. The number of anilines is 1. The van der Waals surface area contributed by atoms with Gasteiger partial charge >= 0.3 is 0 Å². The van der Waals surface area contributed by atoms with E-state index >= 15 is 0 Å². The molecular formula is C23H28ClIN6. The molecule has 0 saturated carbocycles. The molecular weight excluding hydrogens is 523 g/mol. The lowest BCUT2D eigenvalue weighted by molar-refractivity contribution is 0.372. The number of hydrogen-bond acceptors (Lipinski definition) is 3. The van der Waals surface area contributed by atoms with Crippen LogP contribution in [0.3, 0.4) is 0 Å². The zero-order valence-corrected chi connectivity index (χ0v) is 20.7. The van der Waals surface area contributed by atoms with E-state index < -0.39 is 0 Å². The van der Waals surface area contributed by atoms with E-state index in [9.17, 15) is 0 Å². The van der Waals surface area contributed by atoms with Gasteiger partial charge in [-0.15, -0.1) is 24.0 Å². The summed E-state index contributed by atoms with van der Waals surface area (Å²) < 4.78 is 2.07. The van der Waals surface area contributed by atoms with E-state index in [0.29, 0.717) is 0 Å². The fourth-order valence-electron chi connectivity index (χ4n) is 3.72. The second kappa shape index (κ2) is 11.4. The van der Waals surface area contributed by atoms with Crippen LogP contribution in [0, 0.1) is 0 Å². The van der Waals surface area contributed by atoms with Crippen LogP contribution in [0.5, 0.6) is 0 Å². The van der Waals surface area contributed by atoms with Crippen molar-refractivity contribution in [1.82, 2.24) is 19.8 Å². The van der Waals surface area contributed by atoms with Gasteiger partial charge in [0.25, 0.3) is 0 Å². The quantitative estimate of drug-likeness (QED) is 0.295. The van der Waals surface area contributed by atoms with Gasteiger partial charge in [-0.05, 0) is 29.3 Å². The van der Waals surface area contributed by atoms with Crippen molar-refractivity contribution in [2.45, 2.75) is 13.1 Å². The van der Waals surface area contributed by atoms with Crippen LogP contribution in [-0.2, 0) is 13.1 Å². The number of aromatic nitrogens is 2. The molecule has 0 aliphatic carbocycles. The Morgan fingerprint density at radius 1 is 1.06 bits per heavy atom. The zero-order chi connectivity index (χ0) is 20.8. The molecule has 1 saturated heterocycles. The number of halogens is 2. The van der Waals surface area contributed by atoms with Crippen molar-refractivity contribution < 1.29 is 0 Å².